The van der Waals surface area contributed by atoms with Crippen molar-refractivity contribution in [3.8, 4) is 0 Å². The zero-order chi connectivity index (χ0) is 13.8. The highest BCUT2D eigenvalue weighted by atomic mass is 32.1. The third-order valence-corrected chi connectivity index (χ3v) is 3.94. The Morgan fingerprint density at radius 1 is 1.37 bits per heavy atom. The summed E-state index contributed by atoms with van der Waals surface area (Å²) < 4.78 is 0. The predicted octanol–water partition coefficient (Wildman–Crippen LogP) is 3.82. The fourth-order valence-corrected chi connectivity index (χ4v) is 2.52. The van der Waals surface area contributed by atoms with E-state index in [1.54, 1.807) is 6.07 Å². The number of thiophene rings is 1. The Morgan fingerprint density at radius 2 is 2.05 bits per heavy atom. The van der Waals surface area contributed by atoms with E-state index in [1.807, 2.05) is 5.38 Å². The molecule has 5 heteroatoms. The maximum atomic E-state index is 10.6. The average molecular weight is 276 g/mol. The number of nitrogens with zero attached hydrogens (tertiary/aromatic N) is 1. The van der Waals surface area contributed by atoms with Gasteiger partial charge in [-0.2, -0.15) is 0 Å². The van der Waals surface area contributed by atoms with Crippen molar-refractivity contribution in [3.63, 3.8) is 0 Å². The quantitative estimate of drug-likeness (QED) is 0.667. The summed E-state index contributed by atoms with van der Waals surface area (Å²) in [5.41, 5.74) is 3.41. The van der Waals surface area contributed by atoms with Gasteiger partial charge in [0.15, 0.2) is 0 Å². The molecule has 2 rings (SSSR count). The molecule has 0 spiro atoms. The lowest BCUT2D eigenvalue weighted by atomic mass is 10.1. The van der Waals surface area contributed by atoms with Crippen molar-refractivity contribution in [3.05, 3.63) is 62.5 Å². The standard InChI is InChI=1S/C14H16N2O2S/c1-10-3-5-13(6-4-10)11(2)15-8-12-7-14(16(17)18)19-9-12/h3-7,9,11,15H,8H2,1-2H3/t11-/m0/s1. The highest BCUT2D eigenvalue weighted by Gasteiger charge is 2.10. The number of nitro groups is 1. The molecule has 0 fully saturated rings. The Balaban J connectivity index is 1.94. The third-order valence-electron chi connectivity index (χ3n) is 3.01. The Morgan fingerprint density at radius 3 is 2.63 bits per heavy atom. The van der Waals surface area contributed by atoms with Crippen LogP contribution in [0.3, 0.4) is 0 Å². The van der Waals surface area contributed by atoms with E-state index in [0.29, 0.717) is 6.54 Å². The average Bonchev–Trinajstić information content (AvgIpc) is 2.86. The summed E-state index contributed by atoms with van der Waals surface area (Å²) in [7, 11) is 0. The molecule has 4 nitrogen and oxygen atoms in total. The Labute approximate surface area is 116 Å². The van der Waals surface area contributed by atoms with E-state index in [-0.39, 0.29) is 16.0 Å². The monoisotopic (exact) mass is 276 g/mol. The van der Waals surface area contributed by atoms with Crippen LogP contribution in [0.2, 0.25) is 0 Å². The molecule has 0 amide bonds. The molecule has 0 radical (unpaired) electrons. The first-order valence-corrected chi connectivity index (χ1v) is 6.96. The largest absolute Gasteiger partial charge is 0.324 e. The van der Waals surface area contributed by atoms with Gasteiger partial charge < -0.3 is 5.32 Å². The van der Waals surface area contributed by atoms with Crippen molar-refractivity contribution in [2.45, 2.75) is 26.4 Å². The summed E-state index contributed by atoms with van der Waals surface area (Å²) in [6, 6.07) is 10.2. The van der Waals surface area contributed by atoms with Crippen LogP contribution < -0.4 is 5.32 Å². The smallest absolute Gasteiger partial charge is 0.306 e. The van der Waals surface area contributed by atoms with Gasteiger partial charge in [0.05, 0.1) is 4.92 Å². The second-order valence-corrected chi connectivity index (χ2v) is 5.45. The van der Waals surface area contributed by atoms with Crippen LogP contribution in [0.15, 0.2) is 35.7 Å². The molecule has 0 saturated heterocycles. The van der Waals surface area contributed by atoms with Gasteiger partial charge in [-0.05, 0) is 25.0 Å². The lowest BCUT2D eigenvalue weighted by Gasteiger charge is -2.13. The number of benzene rings is 1. The van der Waals surface area contributed by atoms with Crippen molar-refractivity contribution in [2.24, 2.45) is 0 Å². The molecule has 0 bridgehead atoms. The number of hydrogen-bond acceptors (Lipinski definition) is 4. The lowest BCUT2D eigenvalue weighted by Crippen LogP contribution is -2.17. The minimum absolute atomic E-state index is 0.194. The molecular weight excluding hydrogens is 260 g/mol. The van der Waals surface area contributed by atoms with Crippen LogP contribution in [0.1, 0.15) is 29.7 Å². The number of aryl methyl sites for hydroxylation is 1. The van der Waals surface area contributed by atoms with E-state index in [2.05, 4.69) is 43.4 Å². The Hall–Kier alpha value is -1.72. The van der Waals surface area contributed by atoms with Gasteiger partial charge in [-0.1, -0.05) is 41.2 Å². The fourth-order valence-electron chi connectivity index (χ4n) is 1.80. The Kier molecular flexibility index (Phi) is 4.29. The van der Waals surface area contributed by atoms with Crippen LogP contribution in [-0.2, 0) is 6.54 Å². The molecule has 1 aromatic carbocycles. The number of nitrogens with one attached hydrogen (secondary N) is 1. The van der Waals surface area contributed by atoms with Gasteiger partial charge in [0, 0.05) is 24.0 Å². The van der Waals surface area contributed by atoms with E-state index in [0.717, 1.165) is 5.56 Å². The van der Waals surface area contributed by atoms with E-state index >= 15 is 0 Å². The van der Waals surface area contributed by atoms with E-state index in [4.69, 9.17) is 0 Å². The zero-order valence-corrected chi connectivity index (χ0v) is 11.7. The summed E-state index contributed by atoms with van der Waals surface area (Å²) >= 11 is 1.17. The molecule has 1 atom stereocenters. The predicted molar refractivity (Wildman–Crippen MR) is 77.4 cm³/mol. The lowest BCUT2D eigenvalue weighted by molar-refractivity contribution is -0.380. The minimum Gasteiger partial charge on any atom is -0.306 e. The highest BCUT2D eigenvalue weighted by molar-refractivity contribution is 7.13. The van der Waals surface area contributed by atoms with Crippen LogP contribution in [0, 0.1) is 17.0 Å². The van der Waals surface area contributed by atoms with Crippen molar-refractivity contribution >= 4 is 16.3 Å². The molecule has 2 aromatic rings. The van der Waals surface area contributed by atoms with Crippen LogP contribution in [-0.4, -0.2) is 4.92 Å². The van der Waals surface area contributed by atoms with Crippen LogP contribution in [0.5, 0.6) is 0 Å². The van der Waals surface area contributed by atoms with E-state index in [1.165, 1.54) is 22.5 Å². The first-order valence-electron chi connectivity index (χ1n) is 6.08. The van der Waals surface area contributed by atoms with Crippen molar-refractivity contribution in [2.75, 3.05) is 0 Å². The first-order chi connectivity index (χ1) is 9.06. The topological polar surface area (TPSA) is 55.2 Å². The minimum atomic E-state index is -0.350. The summed E-state index contributed by atoms with van der Waals surface area (Å²) in [5.74, 6) is 0. The fraction of sp³-hybridized carbons (Fsp3) is 0.286. The number of rotatable bonds is 5. The van der Waals surface area contributed by atoms with E-state index in [9.17, 15) is 10.1 Å². The van der Waals surface area contributed by atoms with Crippen LogP contribution in [0.4, 0.5) is 5.00 Å². The molecule has 1 N–H and O–H groups in total. The molecule has 100 valence electrons. The first kappa shape index (κ1) is 13.7. The molecule has 19 heavy (non-hydrogen) atoms. The summed E-state index contributed by atoms with van der Waals surface area (Å²) in [6.45, 7) is 4.79. The molecule has 1 heterocycles. The maximum absolute atomic E-state index is 10.6. The number of hydrogen-bond donors (Lipinski definition) is 1. The maximum Gasteiger partial charge on any atom is 0.324 e. The van der Waals surface area contributed by atoms with E-state index < -0.39 is 0 Å². The third kappa shape index (κ3) is 3.62. The highest BCUT2D eigenvalue weighted by Crippen LogP contribution is 2.23. The second-order valence-electron chi connectivity index (χ2n) is 4.56. The molecule has 0 saturated carbocycles. The van der Waals surface area contributed by atoms with Gasteiger partial charge in [-0.3, -0.25) is 10.1 Å². The molecule has 0 aliphatic heterocycles. The molecular formula is C14H16N2O2S. The summed E-state index contributed by atoms with van der Waals surface area (Å²) in [6.07, 6.45) is 0. The van der Waals surface area contributed by atoms with Gasteiger partial charge >= 0.3 is 5.00 Å². The Bertz CT molecular complexity index is 563. The van der Waals surface area contributed by atoms with Crippen LogP contribution >= 0.6 is 11.3 Å². The molecule has 0 aliphatic carbocycles. The molecule has 0 aliphatic rings. The second kappa shape index (κ2) is 5.95. The zero-order valence-electron chi connectivity index (χ0n) is 10.9. The van der Waals surface area contributed by atoms with Crippen molar-refractivity contribution in [1.82, 2.24) is 5.32 Å². The normalized spacial score (nSPS) is 12.3. The van der Waals surface area contributed by atoms with Gasteiger partial charge in [0.1, 0.15) is 0 Å². The van der Waals surface area contributed by atoms with Gasteiger partial charge in [0.2, 0.25) is 0 Å². The van der Waals surface area contributed by atoms with Gasteiger partial charge in [0.25, 0.3) is 0 Å². The summed E-state index contributed by atoms with van der Waals surface area (Å²) in [5, 5.41) is 16.0. The van der Waals surface area contributed by atoms with Crippen molar-refractivity contribution < 1.29 is 4.92 Å². The van der Waals surface area contributed by atoms with Gasteiger partial charge in [-0.15, -0.1) is 0 Å². The molecule has 1 aromatic heterocycles. The summed E-state index contributed by atoms with van der Waals surface area (Å²) in [4.78, 5) is 10.3. The van der Waals surface area contributed by atoms with Crippen LogP contribution in [0.25, 0.3) is 0 Å². The van der Waals surface area contributed by atoms with Gasteiger partial charge in [-0.25, -0.2) is 0 Å². The SMILES string of the molecule is Cc1ccc([C@H](C)NCc2csc([N+](=O)[O-])c2)cc1. The molecule has 0 unspecified atom stereocenters. The van der Waals surface area contributed by atoms with Crippen molar-refractivity contribution in [1.29, 1.82) is 0 Å².